The first-order chi connectivity index (χ1) is 17.3. The monoisotopic (exact) mass is 519 g/mol. The lowest BCUT2D eigenvalue weighted by Crippen LogP contribution is -2.42. The van der Waals surface area contributed by atoms with Gasteiger partial charge in [0.05, 0.1) is 23.8 Å². The maximum absolute atomic E-state index is 14.7. The number of nitrogens with one attached hydrogen (secondary N) is 1. The van der Waals surface area contributed by atoms with Gasteiger partial charge >= 0.3 is 6.18 Å². The molecule has 13 heteroatoms. The van der Waals surface area contributed by atoms with Gasteiger partial charge in [0.2, 0.25) is 16.0 Å². The summed E-state index contributed by atoms with van der Waals surface area (Å²) in [5, 5.41) is 10.2. The van der Waals surface area contributed by atoms with Crippen molar-refractivity contribution in [2.75, 3.05) is 0 Å². The smallest absolute Gasteiger partial charge is 0.275 e. The van der Waals surface area contributed by atoms with Gasteiger partial charge in [-0.2, -0.15) is 23.2 Å². The number of alkyl halides is 3. The van der Waals surface area contributed by atoms with Gasteiger partial charge in [-0.05, 0) is 49.2 Å². The van der Waals surface area contributed by atoms with Gasteiger partial charge in [0.15, 0.2) is 0 Å². The van der Waals surface area contributed by atoms with E-state index in [9.17, 15) is 31.2 Å². The molecule has 1 atom stereocenters. The fourth-order valence-corrected chi connectivity index (χ4v) is 4.66. The van der Waals surface area contributed by atoms with Crippen molar-refractivity contribution >= 4 is 20.9 Å². The highest BCUT2D eigenvalue weighted by molar-refractivity contribution is 7.89. The number of aryl methyl sites for hydroxylation is 1. The summed E-state index contributed by atoms with van der Waals surface area (Å²) in [6.07, 6.45) is -1.08. The predicted octanol–water partition coefficient (Wildman–Crippen LogP) is 4.28. The summed E-state index contributed by atoms with van der Waals surface area (Å²) >= 11 is 0. The minimum atomic E-state index is -5.17. The Balaban J connectivity index is 1.91. The molecule has 8 nitrogen and oxygen atoms in total. The Morgan fingerprint density at radius 1 is 1.22 bits per heavy atom. The third-order valence-corrected chi connectivity index (χ3v) is 6.82. The molecule has 1 N–H and O–H groups in total. The van der Waals surface area contributed by atoms with Crippen LogP contribution < -0.4 is 4.72 Å². The summed E-state index contributed by atoms with van der Waals surface area (Å²) in [6.45, 7) is 2.13. The number of halogens is 4. The summed E-state index contributed by atoms with van der Waals surface area (Å²) < 4.78 is 88.9. The zero-order valence-corrected chi connectivity index (χ0v) is 19.6. The molecule has 0 spiro atoms. The van der Waals surface area contributed by atoms with Crippen LogP contribution in [0.4, 0.5) is 17.6 Å². The molecule has 3 heterocycles. The number of pyridine rings is 1. The van der Waals surface area contributed by atoms with Crippen molar-refractivity contribution in [1.82, 2.24) is 24.2 Å². The molecule has 3 aromatic heterocycles. The van der Waals surface area contributed by atoms with Crippen molar-refractivity contribution in [1.29, 1.82) is 5.26 Å². The van der Waals surface area contributed by atoms with Crippen LogP contribution in [0.25, 0.3) is 28.2 Å². The molecule has 0 radical (unpaired) electrons. The number of rotatable bonds is 6. The van der Waals surface area contributed by atoms with E-state index in [1.165, 1.54) is 33.8 Å². The third kappa shape index (κ3) is 4.52. The number of nitriles is 1. The molecule has 0 aliphatic carbocycles. The molecule has 0 aliphatic rings. The van der Waals surface area contributed by atoms with Crippen molar-refractivity contribution in [3.8, 4) is 23.4 Å². The predicted molar refractivity (Wildman–Crippen MR) is 122 cm³/mol. The van der Waals surface area contributed by atoms with Gasteiger partial charge < -0.3 is 0 Å². The molecular formula is C23H18F4N6O2S. The Hall–Kier alpha value is -3.89. The summed E-state index contributed by atoms with van der Waals surface area (Å²) in [6, 6.07) is 5.07. The largest absolute Gasteiger partial charge is 0.404 e. The maximum Gasteiger partial charge on any atom is 0.404 e. The van der Waals surface area contributed by atoms with E-state index in [4.69, 9.17) is 1.37 Å². The summed E-state index contributed by atoms with van der Waals surface area (Å²) in [5.74, 6) is -0.388. The van der Waals surface area contributed by atoms with E-state index < -0.39 is 32.9 Å². The van der Waals surface area contributed by atoms with Crippen LogP contribution in [0.3, 0.4) is 0 Å². The third-order valence-electron chi connectivity index (χ3n) is 5.38. The van der Waals surface area contributed by atoms with E-state index >= 15 is 0 Å². The fraction of sp³-hybridized carbons (Fsp3) is 0.217. The zero-order chi connectivity index (χ0) is 27.2. The molecule has 0 aliphatic heterocycles. The van der Waals surface area contributed by atoms with E-state index in [2.05, 4.69) is 15.0 Å². The first-order valence-electron chi connectivity index (χ1n) is 10.9. The standard InChI is InChI=1S/C23H18F4N6O2S/c1-3-14-9-20-16(10-18(14)24)17(11-28)21(33(20)22-29-7-4-8-30-22)19-6-5-15(12-31-19)36(34,35)32-13(2)23(25,26)27/h4-10,12-13,32H,3H2,1-2H3/t13-/m0/s1/i13D. The Labute approximate surface area is 204 Å². The van der Waals surface area contributed by atoms with Gasteiger partial charge in [0.25, 0.3) is 0 Å². The number of nitrogens with zero attached hydrogens (tertiary/aromatic N) is 5. The number of hydrogen-bond acceptors (Lipinski definition) is 6. The van der Waals surface area contributed by atoms with Crippen LogP contribution in [-0.2, 0) is 16.4 Å². The lowest BCUT2D eigenvalue weighted by atomic mass is 10.1. The number of aromatic nitrogens is 4. The second kappa shape index (κ2) is 9.29. The molecule has 0 fully saturated rings. The van der Waals surface area contributed by atoms with Gasteiger partial charge in [-0.1, -0.05) is 6.92 Å². The summed E-state index contributed by atoms with van der Waals surface area (Å²) in [5.41, 5.74) is 0.991. The highest BCUT2D eigenvalue weighted by Crippen LogP contribution is 2.36. The van der Waals surface area contributed by atoms with Crippen molar-refractivity contribution in [3.05, 3.63) is 65.9 Å². The quantitative estimate of drug-likeness (QED) is 0.381. The van der Waals surface area contributed by atoms with Gasteiger partial charge in [-0.15, -0.1) is 0 Å². The Bertz CT molecular complexity index is 1630. The molecular weight excluding hydrogens is 500 g/mol. The highest BCUT2D eigenvalue weighted by atomic mass is 32.2. The van der Waals surface area contributed by atoms with Crippen LogP contribution in [0.5, 0.6) is 0 Å². The molecule has 0 bridgehead atoms. The molecule has 4 rings (SSSR count). The molecule has 0 unspecified atom stereocenters. The first-order valence-corrected chi connectivity index (χ1v) is 11.9. The number of sulfonamides is 1. The maximum atomic E-state index is 14.7. The normalized spacial score (nSPS) is 14.3. The average molecular weight is 520 g/mol. The van der Waals surface area contributed by atoms with Gasteiger partial charge in [-0.3, -0.25) is 9.55 Å². The van der Waals surface area contributed by atoms with Crippen LogP contribution >= 0.6 is 0 Å². The summed E-state index contributed by atoms with van der Waals surface area (Å²) in [7, 11) is -4.78. The second-order valence-electron chi connectivity index (χ2n) is 7.64. The van der Waals surface area contributed by atoms with E-state index in [-0.39, 0.29) is 28.3 Å². The lowest BCUT2D eigenvalue weighted by molar-refractivity contribution is -0.147. The van der Waals surface area contributed by atoms with Gasteiger partial charge in [0.1, 0.15) is 22.8 Å². The molecule has 186 valence electrons. The van der Waals surface area contributed by atoms with Crippen molar-refractivity contribution in [3.63, 3.8) is 0 Å². The van der Waals surface area contributed by atoms with Crippen LogP contribution in [0.2, 0.25) is 0 Å². The summed E-state index contributed by atoms with van der Waals surface area (Å²) in [4.78, 5) is 11.9. The van der Waals surface area contributed by atoms with Gasteiger partial charge in [0, 0.05) is 24.0 Å². The lowest BCUT2D eigenvalue weighted by Gasteiger charge is -2.17. The molecule has 0 saturated carbocycles. The molecule has 36 heavy (non-hydrogen) atoms. The van der Waals surface area contributed by atoms with Crippen LogP contribution in [0, 0.1) is 17.1 Å². The number of benzene rings is 1. The van der Waals surface area contributed by atoms with Crippen LogP contribution in [0.15, 0.2) is 53.8 Å². The number of fused-ring (bicyclic) bond motifs is 1. The SMILES string of the molecule is [2H][C@@](C)(NS(=O)(=O)c1ccc(-c2c(C#N)c3cc(F)c(CC)cc3n2-c2ncccn2)nc1)C(F)(F)F. The molecule has 0 amide bonds. The van der Waals surface area contributed by atoms with Crippen molar-refractivity contribution in [2.45, 2.75) is 37.4 Å². The highest BCUT2D eigenvalue weighted by Gasteiger charge is 2.39. The topological polar surface area (TPSA) is 114 Å². The molecule has 4 aromatic rings. The number of hydrogen-bond donors (Lipinski definition) is 1. The van der Waals surface area contributed by atoms with Crippen molar-refractivity contribution < 1.29 is 27.4 Å². The Morgan fingerprint density at radius 2 is 1.92 bits per heavy atom. The Kier molecular flexibility index (Phi) is 6.15. The zero-order valence-electron chi connectivity index (χ0n) is 19.8. The van der Waals surface area contributed by atoms with E-state index in [1.807, 2.05) is 6.07 Å². The average Bonchev–Trinajstić information content (AvgIpc) is 3.15. The van der Waals surface area contributed by atoms with Crippen LogP contribution in [0.1, 0.15) is 26.3 Å². The molecule has 1 aromatic carbocycles. The Morgan fingerprint density at radius 3 is 2.47 bits per heavy atom. The van der Waals surface area contributed by atoms with Gasteiger partial charge in [-0.25, -0.2) is 22.8 Å². The van der Waals surface area contributed by atoms with Crippen LogP contribution in [-0.4, -0.2) is 40.1 Å². The second-order valence-corrected chi connectivity index (χ2v) is 9.32. The van der Waals surface area contributed by atoms with E-state index in [1.54, 1.807) is 19.1 Å². The van der Waals surface area contributed by atoms with E-state index in [0.717, 1.165) is 12.3 Å². The molecule has 0 saturated heterocycles. The first kappa shape index (κ1) is 23.8. The van der Waals surface area contributed by atoms with E-state index in [0.29, 0.717) is 24.4 Å². The van der Waals surface area contributed by atoms with Crippen molar-refractivity contribution in [2.24, 2.45) is 0 Å². The minimum absolute atomic E-state index is 0.0149. The fourth-order valence-electron chi connectivity index (χ4n) is 3.59. The minimum Gasteiger partial charge on any atom is -0.275 e.